The van der Waals surface area contributed by atoms with Crippen molar-refractivity contribution in [3.63, 3.8) is 0 Å². The number of fused-ring (bicyclic) bond motifs is 1. The van der Waals surface area contributed by atoms with Gasteiger partial charge in [0.15, 0.2) is 0 Å². The number of hydrogen-bond acceptors (Lipinski definition) is 1. The number of halogens is 1. The van der Waals surface area contributed by atoms with Crippen LogP contribution in [0.4, 0.5) is 0 Å². The number of amides is 1. The highest BCUT2D eigenvalue weighted by Crippen LogP contribution is 2.15. The van der Waals surface area contributed by atoms with Crippen LogP contribution in [0.3, 0.4) is 0 Å². The van der Waals surface area contributed by atoms with E-state index >= 15 is 0 Å². The summed E-state index contributed by atoms with van der Waals surface area (Å²) in [6.07, 6.45) is 2.48. The van der Waals surface area contributed by atoms with Gasteiger partial charge < -0.3 is 9.88 Å². The molecule has 3 aromatic rings. The van der Waals surface area contributed by atoms with Crippen LogP contribution in [-0.4, -0.2) is 10.5 Å². The van der Waals surface area contributed by atoms with E-state index in [0.29, 0.717) is 24.5 Å². The van der Waals surface area contributed by atoms with E-state index in [1.807, 2.05) is 42.6 Å². The van der Waals surface area contributed by atoms with E-state index in [2.05, 4.69) is 28.1 Å². The fraction of sp³-hybridized carbons (Fsp3) is 0.167. The molecule has 3 rings (SSSR count). The van der Waals surface area contributed by atoms with Gasteiger partial charge in [0.1, 0.15) is 0 Å². The van der Waals surface area contributed by atoms with Gasteiger partial charge in [-0.1, -0.05) is 41.9 Å². The third kappa shape index (κ3) is 3.49. The number of nitrogens with zero attached hydrogens (tertiary/aromatic N) is 1. The topological polar surface area (TPSA) is 34.0 Å². The van der Waals surface area contributed by atoms with Crippen LogP contribution < -0.4 is 5.32 Å². The quantitative estimate of drug-likeness (QED) is 0.759. The number of hydrogen-bond donors (Lipinski definition) is 1. The predicted octanol–water partition coefficient (Wildman–Crippen LogP) is 4.00. The van der Waals surface area contributed by atoms with Gasteiger partial charge in [0.25, 0.3) is 0 Å². The van der Waals surface area contributed by atoms with Crippen molar-refractivity contribution in [1.82, 2.24) is 9.88 Å². The average Bonchev–Trinajstić information content (AvgIpc) is 2.94. The summed E-state index contributed by atoms with van der Waals surface area (Å²) in [6.45, 7) is 1.18. The molecular formula is C18H17ClN2O. The third-order valence-corrected chi connectivity index (χ3v) is 3.87. The maximum Gasteiger partial charge on any atom is 0.222 e. The molecule has 0 aliphatic heterocycles. The summed E-state index contributed by atoms with van der Waals surface area (Å²) in [5.41, 5.74) is 2.16. The van der Waals surface area contributed by atoms with Crippen LogP contribution in [-0.2, 0) is 17.9 Å². The van der Waals surface area contributed by atoms with Gasteiger partial charge in [-0.2, -0.15) is 0 Å². The number of carbonyl (C=O) groups is 1. The highest BCUT2D eigenvalue weighted by Gasteiger charge is 2.04. The lowest BCUT2D eigenvalue weighted by atomic mass is 10.2. The first kappa shape index (κ1) is 14.7. The Morgan fingerprint density at radius 1 is 1.09 bits per heavy atom. The van der Waals surface area contributed by atoms with E-state index in [0.717, 1.165) is 11.1 Å². The first-order chi connectivity index (χ1) is 10.7. The predicted molar refractivity (Wildman–Crippen MR) is 89.9 cm³/mol. The zero-order valence-corrected chi connectivity index (χ0v) is 12.9. The maximum absolute atomic E-state index is 12.0. The first-order valence-electron chi connectivity index (χ1n) is 7.27. The van der Waals surface area contributed by atoms with Gasteiger partial charge in [0.2, 0.25) is 5.91 Å². The third-order valence-electron chi connectivity index (χ3n) is 3.64. The van der Waals surface area contributed by atoms with Crippen molar-refractivity contribution in [3.8, 4) is 0 Å². The van der Waals surface area contributed by atoms with Crippen LogP contribution in [0.1, 0.15) is 12.0 Å². The summed E-state index contributed by atoms with van der Waals surface area (Å²) in [5, 5.41) is 4.81. The molecule has 1 heterocycles. The van der Waals surface area contributed by atoms with E-state index < -0.39 is 0 Å². The van der Waals surface area contributed by atoms with Crippen LogP contribution >= 0.6 is 11.6 Å². The zero-order valence-electron chi connectivity index (χ0n) is 12.1. The Bertz CT molecular complexity index is 794. The normalized spacial score (nSPS) is 10.8. The number of aromatic nitrogens is 1. The Labute approximate surface area is 134 Å². The number of nitrogens with one attached hydrogen (secondary N) is 1. The van der Waals surface area contributed by atoms with Gasteiger partial charge in [-0.25, -0.2) is 0 Å². The molecule has 2 aromatic carbocycles. The standard InChI is InChI=1S/C18H17ClN2O/c19-16-6-3-4-14(12-16)13-20-18(22)9-11-21-10-8-15-5-1-2-7-17(15)21/h1-8,10,12H,9,11,13H2,(H,20,22). The highest BCUT2D eigenvalue weighted by molar-refractivity contribution is 6.30. The van der Waals surface area contributed by atoms with Crippen molar-refractivity contribution in [2.24, 2.45) is 0 Å². The molecule has 0 spiro atoms. The van der Waals surface area contributed by atoms with Gasteiger partial charge in [-0.15, -0.1) is 0 Å². The molecule has 0 unspecified atom stereocenters. The molecule has 1 aromatic heterocycles. The summed E-state index contributed by atoms with van der Waals surface area (Å²) in [5.74, 6) is 0.0396. The van der Waals surface area contributed by atoms with Crippen molar-refractivity contribution in [2.45, 2.75) is 19.5 Å². The lowest BCUT2D eigenvalue weighted by Crippen LogP contribution is -2.23. The second kappa shape index (κ2) is 6.67. The molecule has 0 bridgehead atoms. The number of para-hydroxylation sites is 1. The molecule has 3 nitrogen and oxygen atoms in total. The van der Waals surface area contributed by atoms with Gasteiger partial charge in [-0.3, -0.25) is 4.79 Å². The maximum atomic E-state index is 12.0. The van der Waals surface area contributed by atoms with Crippen molar-refractivity contribution < 1.29 is 4.79 Å². The van der Waals surface area contributed by atoms with E-state index in [9.17, 15) is 4.79 Å². The zero-order chi connectivity index (χ0) is 15.4. The molecule has 0 aliphatic rings. The van der Waals surface area contributed by atoms with Crippen LogP contribution in [0, 0.1) is 0 Å². The Morgan fingerprint density at radius 2 is 1.95 bits per heavy atom. The Hall–Kier alpha value is -2.26. The van der Waals surface area contributed by atoms with E-state index in [1.54, 1.807) is 0 Å². The molecule has 0 fully saturated rings. The summed E-state index contributed by atoms with van der Waals surface area (Å²) in [7, 11) is 0. The van der Waals surface area contributed by atoms with Crippen LogP contribution in [0.5, 0.6) is 0 Å². The molecule has 1 amide bonds. The van der Waals surface area contributed by atoms with Gasteiger partial charge in [0, 0.05) is 36.2 Å². The van der Waals surface area contributed by atoms with E-state index in [1.165, 1.54) is 5.39 Å². The molecule has 0 atom stereocenters. The smallest absolute Gasteiger partial charge is 0.222 e. The average molecular weight is 313 g/mol. The monoisotopic (exact) mass is 312 g/mol. The Morgan fingerprint density at radius 3 is 2.82 bits per heavy atom. The Kier molecular flexibility index (Phi) is 4.45. The second-order valence-corrected chi connectivity index (χ2v) is 5.66. The SMILES string of the molecule is O=C(CCn1ccc2ccccc21)NCc1cccc(Cl)c1. The molecule has 0 saturated carbocycles. The minimum absolute atomic E-state index is 0.0396. The largest absolute Gasteiger partial charge is 0.352 e. The highest BCUT2D eigenvalue weighted by atomic mass is 35.5. The van der Waals surface area contributed by atoms with Crippen molar-refractivity contribution in [3.05, 3.63) is 71.4 Å². The molecular weight excluding hydrogens is 296 g/mol. The Balaban J connectivity index is 1.54. The molecule has 1 N–H and O–H groups in total. The van der Waals surface area contributed by atoms with Crippen molar-refractivity contribution >= 4 is 28.4 Å². The van der Waals surface area contributed by atoms with Gasteiger partial charge in [-0.05, 0) is 35.2 Å². The fourth-order valence-electron chi connectivity index (χ4n) is 2.49. The molecule has 0 radical (unpaired) electrons. The van der Waals surface area contributed by atoms with Crippen LogP contribution in [0.2, 0.25) is 5.02 Å². The number of benzene rings is 2. The van der Waals surface area contributed by atoms with E-state index in [-0.39, 0.29) is 5.91 Å². The van der Waals surface area contributed by atoms with E-state index in [4.69, 9.17) is 11.6 Å². The minimum Gasteiger partial charge on any atom is -0.352 e. The second-order valence-electron chi connectivity index (χ2n) is 5.22. The summed E-state index contributed by atoms with van der Waals surface area (Å²) < 4.78 is 2.11. The lowest BCUT2D eigenvalue weighted by molar-refractivity contribution is -0.121. The molecule has 0 saturated heterocycles. The number of rotatable bonds is 5. The van der Waals surface area contributed by atoms with Crippen molar-refractivity contribution in [1.29, 1.82) is 0 Å². The summed E-state index contributed by atoms with van der Waals surface area (Å²) in [6, 6.07) is 17.8. The lowest BCUT2D eigenvalue weighted by Gasteiger charge is -2.07. The number of carbonyl (C=O) groups excluding carboxylic acids is 1. The number of aryl methyl sites for hydroxylation is 1. The molecule has 0 aliphatic carbocycles. The first-order valence-corrected chi connectivity index (χ1v) is 7.65. The van der Waals surface area contributed by atoms with Crippen molar-refractivity contribution in [2.75, 3.05) is 0 Å². The molecule has 22 heavy (non-hydrogen) atoms. The molecule has 4 heteroatoms. The van der Waals surface area contributed by atoms with Crippen LogP contribution in [0.15, 0.2) is 60.8 Å². The van der Waals surface area contributed by atoms with Gasteiger partial charge >= 0.3 is 0 Å². The van der Waals surface area contributed by atoms with Crippen LogP contribution in [0.25, 0.3) is 10.9 Å². The molecule has 112 valence electrons. The fourth-order valence-corrected chi connectivity index (χ4v) is 2.71. The summed E-state index contributed by atoms with van der Waals surface area (Å²) >= 11 is 5.93. The van der Waals surface area contributed by atoms with Gasteiger partial charge in [0.05, 0.1) is 0 Å². The minimum atomic E-state index is 0.0396. The summed E-state index contributed by atoms with van der Waals surface area (Å²) in [4.78, 5) is 12.0.